The van der Waals surface area contributed by atoms with Crippen LogP contribution in [0.25, 0.3) is 10.9 Å². The maximum absolute atomic E-state index is 13.0. The number of aromatic amines is 1. The van der Waals surface area contributed by atoms with Crippen LogP contribution in [0.2, 0.25) is 0 Å². The second kappa shape index (κ2) is 26.4. The quantitative estimate of drug-likeness (QED) is 0.0508. The van der Waals surface area contributed by atoms with E-state index in [1.807, 2.05) is 0 Å². The molecule has 0 unspecified atom stereocenters. The molecule has 1 aromatic heterocycles. The van der Waals surface area contributed by atoms with Gasteiger partial charge in [0.2, 0.25) is 17.7 Å². The molecule has 1 heterocycles. The number of alkyl halides is 3. The van der Waals surface area contributed by atoms with Gasteiger partial charge in [-0.15, -0.1) is 6.42 Å². The smallest absolute Gasteiger partial charge is 0.481 e. The molecule has 0 aliphatic carbocycles. The van der Waals surface area contributed by atoms with E-state index in [2.05, 4.69) is 37.2 Å². The van der Waals surface area contributed by atoms with Crippen molar-refractivity contribution in [3.8, 4) is 12.3 Å². The molecule has 0 fully saturated rings. The van der Waals surface area contributed by atoms with Crippen LogP contribution in [0.1, 0.15) is 67.3 Å². The normalized spacial score (nSPS) is 12.5. The Labute approximate surface area is 380 Å². The molecular formula is C41H44F3N7O17. The van der Waals surface area contributed by atoms with E-state index in [-0.39, 0.29) is 17.7 Å². The maximum atomic E-state index is 13.0. The second-order valence-electron chi connectivity index (χ2n) is 14.3. The minimum absolute atomic E-state index is 0.0702. The molecule has 68 heavy (non-hydrogen) atoms. The summed E-state index contributed by atoms with van der Waals surface area (Å²) in [5, 5.41) is 62.9. The number of carboxylic acid groups (broad SMARTS) is 6. The lowest BCUT2D eigenvalue weighted by Crippen LogP contribution is -2.45. The van der Waals surface area contributed by atoms with Crippen LogP contribution in [0.15, 0.2) is 53.6 Å². The Bertz CT molecular complexity index is 2460. The van der Waals surface area contributed by atoms with Gasteiger partial charge in [0.15, 0.2) is 0 Å². The van der Waals surface area contributed by atoms with Gasteiger partial charge in [0.1, 0.15) is 24.2 Å². The van der Waals surface area contributed by atoms with Crippen LogP contribution in [0.3, 0.4) is 0 Å². The number of halogens is 3. The Morgan fingerprint density at radius 3 is 1.49 bits per heavy atom. The number of fused-ring (bicyclic) bond motifs is 1. The van der Waals surface area contributed by atoms with E-state index in [4.69, 9.17) is 21.4 Å². The van der Waals surface area contributed by atoms with Crippen molar-refractivity contribution >= 4 is 76.0 Å². The van der Waals surface area contributed by atoms with Crippen LogP contribution in [0.5, 0.6) is 0 Å². The van der Waals surface area contributed by atoms with Crippen molar-refractivity contribution in [1.29, 1.82) is 0 Å². The predicted molar refractivity (Wildman–Crippen MR) is 225 cm³/mol. The maximum Gasteiger partial charge on any atom is 0.490 e. The molecule has 27 heteroatoms. The number of H-pyrrole nitrogens is 1. The average Bonchev–Trinajstić information content (AvgIpc) is 3.26. The van der Waals surface area contributed by atoms with E-state index in [0.29, 0.717) is 23.1 Å². The third-order valence-electron chi connectivity index (χ3n) is 9.23. The van der Waals surface area contributed by atoms with Gasteiger partial charge in [-0.05, 0) is 67.6 Å². The van der Waals surface area contributed by atoms with Gasteiger partial charge in [-0.3, -0.25) is 28.8 Å². The highest BCUT2D eigenvalue weighted by molar-refractivity contribution is 5.97. The number of carbonyl (C=O) groups is 10. The summed E-state index contributed by atoms with van der Waals surface area (Å²) in [5.41, 5.74) is 1.64. The highest BCUT2D eigenvalue weighted by Crippen LogP contribution is 2.20. The lowest BCUT2D eigenvalue weighted by atomic mass is 10.1. The molecule has 3 rings (SSSR count). The van der Waals surface area contributed by atoms with Gasteiger partial charge in [-0.2, -0.15) is 13.2 Å². The molecular weight excluding hydrogens is 919 g/mol. The number of anilines is 1. The lowest BCUT2D eigenvalue weighted by Gasteiger charge is -2.23. The Morgan fingerprint density at radius 2 is 1.09 bits per heavy atom. The van der Waals surface area contributed by atoms with Crippen molar-refractivity contribution in [3.05, 3.63) is 70.3 Å². The topological polar surface area (TPSA) is 389 Å². The van der Waals surface area contributed by atoms with E-state index in [1.165, 1.54) is 18.5 Å². The largest absolute Gasteiger partial charge is 0.490 e. The molecule has 4 atom stereocenters. The molecule has 0 aliphatic heterocycles. The number of aliphatic carboxylic acids is 6. The number of hydrogen-bond acceptors (Lipinski definition) is 13. The molecule has 24 nitrogen and oxygen atoms in total. The average molecular weight is 964 g/mol. The SMILES string of the molecule is C#CCN(Cc1ccc2nc[nH]c(=O)c2c1)c1ccc(C(=O)N[C@@H](CCC(=O)N[C@@H](CCC(=O)N[C@@H](CCC(=O)N[C@@H](CCC(=O)O)C(=O)O)C(=O)O)C(=O)O)C(=O)O)cc1.O=C(O)C(F)(F)F. The number of hydrogen-bond donors (Lipinski definition) is 11. The Balaban J connectivity index is 0.00000209. The Morgan fingerprint density at radius 1 is 0.662 bits per heavy atom. The number of amides is 4. The summed E-state index contributed by atoms with van der Waals surface area (Å²) in [6.07, 6.45) is -2.44. The number of benzene rings is 2. The van der Waals surface area contributed by atoms with Crippen LogP contribution < -0.4 is 31.7 Å². The molecule has 0 radical (unpaired) electrons. The lowest BCUT2D eigenvalue weighted by molar-refractivity contribution is -0.192. The van der Waals surface area contributed by atoms with Crippen LogP contribution >= 0.6 is 0 Å². The van der Waals surface area contributed by atoms with Crippen LogP contribution in [0, 0.1) is 12.3 Å². The summed E-state index contributed by atoms with van der Waals surface area (Å²) < 4.78 is 31.7. The van der Waals surface area contributed by atoms with Gasteiger partial charge in [-0.1, -0.05) is 12.0 Å². The standard InChI is InChI=1S/C39H43N7O15.C2HF3O2/c1-2-17-46(19-21-3-8-25-24(18-21)35(53)41-20-40-25)23-6-4-22(5-7-23)34(52)45-29(39(60)61)11-15-32(49)43-27(37(56)57)9-13-30(47)42-26(36(54)55)10-14-31(48)44-28(38(58)59)12-16-33(50)51;3-2(4,5)1(6)7/h1,3-8,18,20,26-29H,9-17,19H2,(H,42,47)(H,43,49)(H,44,48)(H,45,52)(H,50,51)(H,54,55)(H,56,57)(H,58,59)(H,60,61)(H,40,41,53);(H,6,7)/t26-,27-,28-,29-;/m0./s1. The fourth-order valence-electron chi connectivity index (χ4n) is 5.77. The number of nitrogens with zero attached hydrogens (tertiary/aromatic N) is 2. The molecule has 11 N–H and O–H groups in total. The highest BCUT2D eigenvalue weighted by atomic mass is 19.4. The van der Waals surface area contributed by atoms with E-state index < -0.39 is 141 Å². The van der Waals surface area contributed by atoms with Crippen molar-refractivity contribution in [2.75, 3.05) is 11.4 Å². The summed E-state index contributed by atoms with van der Waals surface area (Å²) in [6, 6.07) is 4.77. The van der Waals surface area contributed by atoms with Gasteiger partial charge < -0.3 is 61.8 Å². The van der Waals surface area contributed by atoms with E-state index in [9.17, 15) is 81.5 Å². The zero-order valence-electron chi connectivity index (χ0n) is 35.3. The van der Waals surface area contributed by atoms with Crippen molar-refractivity contribution in [1.82, 2.24) is 31.2 Å². The van der Waals surface area contributed by atoms with Gasteiger partial charge in [0.05, 0.1) is 23.8 Å². The van der Waals surface area contributed by atoms with E-state index in [1.54, 1.807) is 35.2 Å². The number of terminal acetylenes is 1. The predicted octanol–water partition coefficient (Wildman–Crippen LogP) is 0.293. The summed E-state index contributed by atoms with van der Waals surface area (Å²) in [7, 11) is 0. The molecule has 0 saturated heterocycles. The first-order chi connectivity index (χ1) is 31.8. The number of carboxylic acids is 6. The number of nitrogens with one attached hydrogen (secondary N) is 5. The molecule has 0 saturated carbocycles. The second-order valence-corrected chi connectivity index (χ2v) is 14.3. The Kier molecular flexibility index (Phi) is 21.6. The van der Waals surface area contributed by atoms with Crippen LogP contribution in [-0.4, -0.2) is 137 Å². The van der Waals surface area contributed by atoms with Crippen molar-refractivity contribution in [3.63, 3.8) is 0 Å². The molecule has 0 spiro atoms. The Hall–Kier alpha value is -8.57. The van der Waals surface area contributed by atoms with Gasteiger partial charge in [0, 0.05) is 43.5 Å². The third kappa shape index (κ3) is 19.3. The fraction of sp³-hybridized carbons (Fsp3) is 0.366. The highest BCUT2D eigenvalue weighted by Gasteiger charge is 2.38. The fourth-order valence-corrected chi connectivity index (χ4v) is 5.77. The minimum Gasteiger partial charge on any atom is -0.481 e. The van der Waals surface area contributed by atoms with Crippen LogP contribution in [-0.2, 0) is 49.7 Å². The first kappa shape index (κ1) is 55.6. The zero-order valence-corrected chi connectivity index (χ0v) is 35.3. The summed E-state index contributed by atoms with van der Waals surface area (Å²) in [6.45, 7) is 0.462. The minimum atomic E-state index is -5.08. The summed E-state index contributed by atoms with van der Waals surface area (Å²) in [4.78, 5) is 137. The third-order valence-corrected chi connectivity index (χ3v) is 9.23. The molecule has 2 aromatic carbocycles. The summed E-state index contributed by atoms with van der Waals surface area (Å²) in [5.74, 6) is -11.3. The van der Waals surface area contributed by atoms with Crippen molar-refractivity contribution in [2.24, 2.45) is 0 Å². The van der Waals surface area contributed by atoms with Gasteiger partial charge >= 0.3 is 42.0 Å². The van der Waals surface area contributed by atoms with Crippen molar-refractivity contribution in [2.45, 2.75) is 88.3 Å². The van der Waals surface area contributed by atoms with E-state index >= 15 is 0 Å². The van der Waals surface area contributed by atoms with Crippen LogP contribution in [0.4, 0.5) is 18.9 Å². The molecule has 0 bridgehead atoms. The molecule has 366 valence electrons. The molecule has 0 aliphatic rings. The molecule has 3 aromatic rings. The number of carbonyl (C=O) groups excluding carboxylic acids is 4. The summed E-state index contributed by atoms with van der Waals surface area (Å²) >= 11 is 0. The van der Waals surface area contributed by atoms with Crippen molar-refractivity contribution < 1.29 is 91.8 Å². The number of aromatic nitrogens is 2. The first-order valence-electron chi connectivity index (χ1n) is 19.7. The first-order valence-corrected chi connectivity index (χ1v) is 19.7. The monoisotopic (exact) mass is 963 g/mol. The van der Waals surface area contributed by atoms with Gasteiger partial charge in [0.25, 0.3) is 11.5 Å². The zero-order chi connectivity index (χ0) is 51.3. The van der Waals surface area contributed by atoms with Gasteiger partial charge in [-0.25, -0.2) is 29.0 Å². The van der Waals surface area contributed by atoms with E-state index in [0.717, 1.165) is 5.56 Å². The number of rotatable bonds is 25. The molecule has 4 amide bonds.